The number of carboxylic acids is 1. The van der Waals surface area contributed by atoms with Crippen molar-refractivity contribution in [3.8, 4) is 5.88 Å². The van der Waals surface area contributed by atoms with Gasteiger partial charge in [-0.15, -0.1) is 0 Å². The topological polar surface area (TPSA) is 64.4 Å². The van der Waals surface area contributed by atoms with Crippen molar-refractivity contribution in [1.29, 1.82) is 0 Å². The molecule has 1 aliphatic rings. The molecule has 0 aliphatic heterocycles. The number of hydrogen-bond acceptors (Lipinski definition) is 3. The van der Waals surface area contributed by atoms with E-state index in [2.05, 4.69) is 12.0 Å². The quantitative estimate of drug-likeness (QED) is 0.567. The number of ether oxygens (including phenoxy) is 1. The second-order valence-electron chi connectivity index (χ2n) is 7.38. The van der Waals surface area contributed by atoms with Gasteiger partial charge < -0.3 is 9.84 Å². The Kier molecular flexibility index (Phi) is 8.82. The van der Waals surface area contributed by atoms with Crippen LogP contribution in [0.15, 0.2) is 24.3 Å². The average molecular weight is 448 g/mol. The summed E-state index contributed by atoms with van der Waals surface area (Å²) in [5.41, 5.74) is 1.35. The van der Waals surface area contributed by atoms with Gasteiger partial charge in [0.1, 0.15) is 18.2 Å². The fourth-order valence-electron chi connectivity index (χ4n) is 3.30. The number of carbonyl (C=O) groups is 1. The largest absolute Gasteiger partial charge is 0.490 e. The van der Waals surface area contributed by atoms with E-state index in [4.69, 9.17) is 14.6 Å². The molecule has 1 aliphatic carbocycles. The summed E-state index contributed by atoms with van der Waals surface area (Å²) in [6, 6.07) is 5.51. The number of nitrogens with zero attached hydrogens (tertiary/aromatic N) is 2. The Morgan fingerprint density at radius 2 is 1.87 bits per heavy atom. The number of hydrogen-bond donors (Lipinski definition) is 1. The standard InChI is InChI=1S/C19H24F2N2O.C2HF3O2/c1-2-5-17-11-19(23(22-17)12-14-6-3-4-7-14)24-13-15-8-9-16(20)10-18(15)21;3-2(4,5)1(6)7/h8-11,14H,2-7,12-13H2,1H3;(H,6,7). The molecule has 3 rings (SSSR count). The molecule has 5 nitrogen and oxygen atoms in total. The Hall–Kier alpha value is -2.65. The summed E-state index contributed by atoms with van der Waals surface area (Å²) in [4.78, 5) is 8.90. The first-order chi connectivity index (χ1) is 14.6. The molecule has 10 heteroatoms. The van der Waals surface area contributed by atoms with E-state index in [0.717, 1.165) is 31.1 Å². The third-order valence-electron chi connectivity index (χ3n) is 4.84. The van der Waals surface area contributed by atoms with Gasteiger partial charge in [0.2, 0.25) is 5.88 Å². The first kappa shape index (κ1) is 24.6. The van der Waals surface area contributed by atoms with Gasteiger partial charge in [0.15, 0.2) is 0 Å². The summed E-state index contributed by atoms with van der Waals surface area (Å²) in [6.45, 7) is 3.05. The molecule has 1 aromatic carbocycles. The molecule has 1 aromatic heterocycles. The van der Waals surface area contributed by atoms with Crippen molar-refractivity contribution in [3.05, 3.63) is 47.2 Å². The molecule has 1 N–H and O–H groups in total. The number of aromatic nitrogens is 2. The van der Waals surface area contributed by atoms with Gasteiger partial charge >= 0.3 is 12.1 Å². The molecule has 1 saturated carbocycles. The zero-order valence-corrected chi connectivity index (χ0v) is 17.1. The number of rotatable bonds is 7. The highest BCUT2D eigenvalue weighted by molar-refractivity contribution is 5.73. The first-order valence-corrected chi connectivity index (χ1v) is 10.0. The van der Waals surface area contributed by atoms with Crippen LogP contribution in [0, 0.1) is 17.6 Å². The maximum absolute atomic E-state index is 13.8. The maximum Gasteiger partial charge on any atom is 0.490 e. The molecule has 0 saturated heterocycles. The molecule has 0 bridgehead atoms. The smallest absolute Gasteiger partial charge is 0.475 e. The van der Waals surface area contributed by atoms with Crippen LogP contribution in [0.1, 0.15) is 50.3 Å². The average Bonchev–Trinajstić information content (AvgIpc) is 3.31. The van der Waals surface area contributed by atoms with Crippen molar-refractivity contribution >= 4 is 5.97 Å². The minimum atomic E-state index is -5.08. The molecule has 0 unspecified atom stereocenters. The summed E-state index contributed by atoms with van der Waals surface area (Å²) in [7, 11) is 0. The van der Waals surface area contributed by atoms with Gasteiger partial charge in [-0.1, -0.05) is 26.2 Å². The molecule has 31 heavy (non-hydrogen) atoms. The molecular weight excluding hydrogens is 423 g/mol. The number of aliphatic carboxylic acids is 1. The van der Waals surface area contributed by atoms with Gasteiger partial charge in [-0.2, -0.15) is 18.3 Å². The van der Waals surface area contributed by atoms with E-state index >= 15 is 0 Å². The van der Waals surface area contributed by atoms with E-state index < -0.39 is 23.8 Å². The zero-order valence-electron chi connectivity index (χ0n) is 17.1. The van der Waals surface area contributed by atoms with Gasteiger partial charge in [-0.3, -0.25) is 0 Å². The molecular formula is C21H25F5N2O3. The Morgan fingerprint density at radius 1 is 1.23 bits per heavy atom. The second kappa shape index (κ2) is 11.1. The van der Waals surface area contributed by atoms with E-state index in [-0.39, 0.29) is 6.61 Å². The first-order valence-electron chi connectivity index (χ1n) is 10.0. The van der Waals surface area contributed by atoms with E-state index in [1.54, 1.807) is 0 Å². The summed E-state index contributed by atoms with van der Waals surface area (Å²) in [6.07, 6.45) is 1.87. The van der Waals surface area contributed by atoms with E-state index in [9.17, 15) is 22.0 Å². The molecule has 2 aromatic rings. The number of alkyl halides is 3. The predicted octanol–water partition coefficient (Wildman–Crippen LogP) is 5.52. The monoisotopic (exact) mass is 448 g/mol. The van der Waals surface area contributed by atoms with Gasteiger partial charge in [0.05, 0.1) is 5.69 Å². The van der Waals surface area contributed by atoms with Crippen LogP contribution in [0.4, 0.5) is 22.0 Å². The Balaban J connectivity index is 0.000000423. The molecule has 1 heterocycles. The van der Waals surface area contributed by atoms with Gasteiger partial charge in [-0.25, -0.2) is 18.3 Å². The minimum absolute atomic E-state index is 0.0774. The molecule has 0 atom stereocenters. The maximum atomic E-state index is 13.8. The van der Waals surface area contributed by atoms with Crippen LogP contribution < -0.4 is 4.74 Å². The Morgan fingerprint density at radius 3 is 2.42 bits per heavy atom. The van der Waals surface area contributed by atoms with Crippen LogP contribution in [0.25, 0.3) is 0 Å². The van der Waals surface area contributed by atoms with Crippen LogP contribution in [0.5, 0.6) is 5.88 Å². The highest BCUT2D eigenvalue weighted by atomic mass is 19.4. The lowest BCUT2D eigenvalue weighted by molar-refractivity contribution is -0.192. The van der Waals surface area contributed by atoms with E-state index in [1.807, 2.05) is 10.7 Å². The second-order valence-corrected chi connectivity index (χ2v) is 7.38. The molecule has 172 valence electrons. The molecule has 0 radical (unpaired) electrons. The van der Waals surface area contributed by atoms with Crippen molar-refractivity contribution in [2.75, 3.05) is 0 Å². The number of halogens is 5. The lowest BCUT2D eigenvalue weighted by atomic mass is 10.1. The zero-order chi connectivity index (χ0) is 23.0. The highest BCUT2D eigenvalue weighted by Crippen LogP contribution is 2.28. The molecule has 1 fully saturated rings. The summed E-state index contributed by atoms with van der Waals surface area (Å²) < 4.78 is 66.2. The fourth-order valence-corrected chi connectivity index (χ4v) is 3.30. The van der Waals surface area contributed by atoms with Crippen molar-refractivity contribution in [1.82, 2.24) is 9.78 Å². The third kappa shape index (κ3) is 7.84. The summed E-state index contributed by atoms with van der Waals surface area (Å²) in [5, 5.41) is 11.8. The van der Waals surface area contributed by atoms with Gasteiger partial charge in [-0.05, 0) is 37.3 Å². The van der Waals surface area contributed by atoms with Gasteiger partial charge in [0.25, 0.3) is 0 Å². The van der Waals surface area contributed by atoms with Gasteiger partial charge in [0, 0.05) is 24.2 Å². The molecule has 0 spiro atoms. The minimum Gasteiger partial charge on any atom is -0.475 e. The number of benzene rings is 1. The van der Waals surface area contributed by atoms with Crippen LogP contribution in [0.2, 0.25) is 0 Å². The lowest BCUT2D eigenvalue weighted by Gasteiger charge is -2.13. The normalized spacial score (nSPS) is 14.3. The Labute approximate surface area is 176 Å². The van der Waals surface area contributed by atoms with Crippen molar-refractivity contribution in [2.24, 2.45) is 5.92 Å². The molecule has 0 amide bonds. The summed E-state index contributed by atoms with van der Waals surface area (Å²) >= 11 is 0. The van der Waals surface area contributed by atoms with Crippen molar-refractivity contribution in [2.45, 2.75) is 64.8 Å². The van der Waals surface area contributed by atoms with E-state index in [1.165, 1.54) is 37.8 Å². The van der Waals surface area contributed by atoms with Crippen LogP contribution >= 0.6 is 0 Å². The number of carboxylic acid groups (broad SMARTS) is 1. The van der Waals surface area contributed by atoms with Crippen molar-refractivity contribution in [3.63, 3.8) is 0 Å². The Bertz CT molecular complexity index is 861. The summed E-state index contributed by atoms with van der Waals surface area (Å²) in [5.74, 6) is -2.59. The predicted molar refractivity (Wildman–Crippen MR) is 103 cm³/mol. The third-order valence-corrected chi connectivity index (χ3v) is 4.84. The van der Waals surface area contributed by atoms with Crippen LogP contribution in [0.3, 0.4) is 0 Å². The SMILES string of the molecule is CCCc1cc(OCc2ccc(F)cc2F)n(CC2CCCC2)n1.O=C(O)C(F)(F)F. The van der Waals surface area contributed by atoms with Crippen molar-refractivity contribution < 1.29 is 36.6 Å². The lowest BCUT2D eigenvalue weighted by Crippen LogP contribution is -2.21. The fraction of sp³-hybridized carbons (Fsp3) is 0.524. The van der Waals surface area contributed by atoms with E-state index in [0.29, 0.717) is 17.4 Å². The van der Waals surface area contributed by atoms with Crippen LogP contribution in [-0.2, 0) is 24.4 Å². The number of aryl methyl sites for hydroxylation is 1. The van der Waals surface area contributed by atoms with Crippen LogP contribution in [-0.4, -0.2) is 27.0 Å². The highest BCUT2D eigenvalue weighted by Gasteiger charge is 2.38.